The Morgan fingerprint density at radius 3 is 2.56 bits per heavy atom. The number of nitrogens with zero attached hydrogens (tertiary/aromatic N) is 1. The third-order valence-electron chi connectivity index (χ3n) is 5.17. The minimum atomic E-state index is -0.879. The number of fused-ring (bicyclic) bond motifs is 1. The molecule has 0 N–H and O–H groups in total. The minimum Gasteiger partial charge on any atom is -0.486 e. The Bertz CT molecular complexity index is 939. The van der Waals surface area contributed by atoms with Gasteiger partial charge < -0.3 is 9.64 Å². The zero-order valence-corrected chi connectivity index (χ0v) is 15.1. The van der Waals surface area contributed by atoms with Gasteiger partial charge >= 0.3 is 0 Å². The first-order chi connectivity index (χ1) is 12.9. The summed E-state index contributed by atoms with van der Waals surface area (Å²) in [6.07, 6.45) is 1.12. The van der Waals surface area contributed by atoms with E-state index in [1.807, 2.05) is 0 Å². The first-order valence-electron chi connectivity index (χ1n) is 8.63. The molecule has 2 aliphatic heterocycles. The van der Waals surface area contributed by atoms with E-state index in [1.165, 1.54) is 4.90 Å². The predicted molar refractivity (Wildman–Crippen MR) is 95.3 cm³/mol. The van der Waals surface area contributed by atoms with Gasteiger partial charge in [-0.1, -0.05) is 11.6 Å². The number of ether oxygens (including phenoxy) is 1. The molecule has 1 amide bonds. The number of Topliss-reactive ketones (excluding diaryl/α,β-unsaturated/α-hetero) is 1. The molecule has 2 aromatic carbocycles. The van der Waals surface area contributed by atoms with E-state index in [2.05, 4.69) is 0 Å². The largest absolute Gasteiger partial charge is 0.486 e. The van der Waals surface area contributed by atoms with E-state index in [9.17, 15) is 18.4 Å². The number of likely N-dealkylation sites (tertiary alicyclic amines) is 1. The monoisotopic (exact) mass is 391 g/mol. The van der Waals surface area contributed by atoms with Crippen LogP contribution in [-0.4, -0.2) is 35.3 Å². The van der Waals surface area contributed by atoms with Crippen LogP contribution in [0.4, 0.5) is 8.78 Å². The van der Waals surface area contributed by atoms with E-state index in [1.54, 1.807) is 18.2 Å². The lowest BCUT2D eigenvalue weighted by Gasteiger charge is -2.44. The smallest absolute Gasteiger partial charge is 0.256 e. The third-order valence-corrected chi connectivity index (χ3v) is 5.41. The maximum atomic E-state index is 13.9. The van der Waals surface area contributed by atoms with Crippen LogP contribution >= 0.6 is 11.6 Å². The van der Waals surface area contributed by atoms with Gasteiger partial charge in [0, 0.05) is 37.0 Å². The number of amides is 1. The summed E-state index contributed by atoms with van der Waals surface area (Å²) in [5, 5.41) is 0.475. The van der Waals surface area contributed by atoms with Crippen LogP contribution in [-0.2, 0) is 0 Å². The molecule has 1 fully saturated rings. The Hall–Kier alpha value is -2.47. The van der Waals surface area contributed by atoms with Crippen molar-refractivity contribution in [2.45, 2.75) is 24.9 Å². The fraction of sp³-hybridized carbons (Fsp3) is 0.300. The SMILES string of the molecule is O=C1CC2(CCN(C(=O)c3ccc(F)cc3F)CC2)Oc2ccc(Cl)cc21. The van der Waals surface area contributed by atoms with Crippen LogP contribution in [0.15, 0.2) is 36.4 Å². The van der Waals surface area contributed by atoms with E-state index in [-0.39, 0.29) is 17.8 Å². The summed E-state index contributed by atoms with van der Waals surface area (Å²) in [6.45, 7) is 0.651. The molecule has 140 valence electrons. The van der Waals surface area contributed by atoms with E-state index in [4.69, 9.17) is 16.3 Å². The lowest BCUT2D eigenvalue weighted by atomic mass is 9.82. The van der Waals surface area contributed by atoms with Crippen molar-refractivity contribution < 1.29 is 23.1 Å². The van der Waals surface area contributed by atoms with E-state index >= 15 is 0 Å². The van der Waals surface area contributed by atoms with Crippen LogP contribution in [0, 0.1) is 11.6 Å². The van der Waals surface area contributed by atoms with Gasteiger partial charge in [0.25, 0.3) is 5.91 Å². The summed E-state index contributed by atoms with van der Waals surface area (Å²) < 4.78 is 33.1. The lowest BCUT2D eigenvalue weighted by Crippen LogP contribution is -2.52. The molecular weight excluding hydrogens is 376 g/mol. The van der Waals surface area contributed by atoms with Crippen LogP contribution in [0.2, 0.25) is 5.02 Å². The van der Waals surface area contributed by atoms with Gasteiger partial charge in [0.2, 0.25) is 0 Å². The van der Waals surface area contributed by atoms with Crippen molar-refractivity contribution in [3.05, 3.63) is 64.2 Å². The molecule has 4 nitrogen and oxygen atoms in total. The summed E-state index contributed by atoms with van der Waals surface area (Å²) in [5.74, 6) is -1.63. The van der Waals surface area contributed by atoms with Crippen LogP contribution in [0.5, 0.6) is 5.75 Å². The van der Waals surface area contributed by atoms with Crippen molar-refractivity contribution in [3.8, 4) is 5.75 Å². The number of piperidine rings is 1. The molecule has 1 spiro atoms. The summed E-state index contributed by atoms with van der Waals surface area (Å²) in [7, 11) is 0. The molecule has 2 aliphatic rings. The van der Waals surface area contributed by atoms with Gasteiger partial charge in [0.1, 0.15) is 23.0 Å². The quantitative estimate of drug-likeness (QED) is 0.729. The highest BCUT2D eigenvalue weighted by Crippen LogP contribution is 2.40. The van der Waals surface area contributed by atoms with Gasteiger partial charge in [0.05, 0.1) is 17.5 Å². The summed E-state index contributed by atoms with van der Waals surface area (Å²) in [6, 6.07) is 7.86. The first-order valence-corrected chi connectivity index (χ1v) is 9.01. The molecule has 0 aliphatic carbocycles. The number of carbonyl (C=O) groups is 2. The Morgan fingerprint density at radius 2 is 1.85 bits per heavy atom. The fourth-order valence-corrected chi connectivity index (χ4v) is 3.87. The van der Waals surface area contributed by atoms with Gasteiger partial charge in [-0.2, -0.15) is 0 Å². The van der Waals surface area contributed by atoms with E-state index in [0.29, 0.717) is 48.3 Å². The Kier molecular flexibility index (Phi) is 4.38. The van der Waals surface area contributed by atoms with Crippen molar-refractivity contribution in [3.63, 3.8) is 0 Å². The number of hydrogen-bond acceptors (Lipinski definition) is 3. The molecule has 2 heterocycles. The molecule has 2 aromatic rings. The lowest BCUT2D eigenvalue weighted by molar-refractivity contribution is -0.00579. The standard InChI is InChI=1S/C20H16ClF2NO3/c21-12-1-4-18-15(9-12)17(25)11-20(27-18)5-7-24(8-6-20)19(26)14-3-2-13(22)10-16(14)23/h1-4,9-10H,5-8,11H2. The zero-order valence-electron chi connectivity index (χ0n) is 14.3. The molecule has 7 heteroatoms. The molecule has 27 heavy (non-hydrogen) atoms. The number of carbonyl (C=O) groups excluding carboxylic acids is 2. The molecule has 1 saturated heterocycles. The molecular formula is C20H16ClF2NO3. The van der Waals surface area contributed by atoms with Crippen LogP contribution in [0.3, 0.4) is 0 Å². The van der Waals surface area contributed by atoms with Crippen molar-refractivity contribution in [2.24, 2.45) is 0 Å². The third kappa shape index (κ3) is 3.30. The summed E-state index contributed by atoms with van der Waals surface area (Å²) in [4.78, 5) is 26.6. The first kappa shape index (κ1) is 17.9. The van der Waals surface area contributed by atoms with Crippen LogP contribution < -0.4 is 4.74 Å². The predicted octanol–water partition coefficient (Wildman–Crippen LogP) is 4.26. The Labute approximate surface area is 159 Å². The topological polar surface area (TPSA) is 46.6 Å². The molecule has 0 bridgehead atoms. The summed E-state index contributed by atoms with van der Waals surface area (Å²) in [5.41, 5.74) is -0.358. The van der Waals surface area contributed by atoms with Gasteiger partial charge in [-0.3, -0.25) is 9.59 Å². The van der Waals surface area contributed by atoms with Gasteiger partial charge in [-0.15, -0.1) is 0 Å². The van der Waals surface area contributed by atoms with Crippen LogP contribution in [0.25, 0.3) is 0 Å². The van der Waals surface area contributed by atoms with Crippen molar-refractivity contribution in [1.82, 2.24) is 4.90 Å². The average molecular weight is 392 g/mol. The normalized spacial score (nSPS) is 18.2. The fourth-order valence-electron chi connectivity index (χ4n) is 3.70. The molecule has 0 radical (unpaired) electrons. The number of rotatable bonds is 1. The van der Waals surface area contributed by atoms with Crippen molar-refractivity contribution >= 4 is 23.3 Å². The summed E-state index contributed by atoms with van der Waals surface area (Å²) >= 11 is 5.95. The second-order valence-corrected chi connectivity index (χ2v) is 7.38. The maximum Gasteiger partial charge on any atom is 0.256 e. The average Bonchev–Trinajstić information content (AvgIpc) is 2.63. The zero-order chi connectivity index (χ0) is 19.2. The second-order valence-electron chi connectivity index (χ2n) is 6.94. The van der Waals surface area contributed by atoms with E-state index < -0.39 is 23.1 Å². The molecule has 0 aromatic heterocycles. The molecule has 0 unspecified atom stereocenters. The minimum absolute atomic E-state index is 0.0388. The molecule has 0 atom stereocenters. The van der Waals surface area contributed by atoms with Gasteiger partial charge in [-0.25, -0.2) is 8.78 Å². The number of benzene rings is 2. The van der Waals surface area contributed by atoms with Crippen LogP contribution in [0.1, 0.15) is 40.0 Å². The van der Waals surface area contributed by atoms with E-state index in [0.717, 1.165) is 12.1 Å². The van der Waals surface area contributed by atoms with Crippen molar-refractivity contribution in [2.75, 3.05) is 13.1 Å². The van der Waals surface area contributed by atoms with Gasteiger partial charge in [-0.05, 0) is 30.3 Å². The Balaban J connectivity index is 1.50. The second kappa shape index (κ2) is 6.60. The Morgan fingerprint density at radius 1 is 1.11 bits per heavy atom. The maximum absolute atomic E-state index is 13.9. The number of ketones is 1. The molecule has 4 rings (SSSR count). The van der Waals surface area contributed by atoms with Gasteiger partial charge in [0.15, 0.2) is 5.78 Å². The highest BCUT2D eigenvalue weighted by atomic mass is 35.5. The highest BCUT2D eigenvalue weighted by Gasteiger charge is 2.44. The number of halogens is 3. The number of hydrogen-bond donors (Lipinski definition) is 0. The highest BCUT2D eigenvalue weighted by molar-refractivity contribution is 6.31. The molecule has 0 saturated carbocycles. The van der Waals surface area contributed by atoms with Crippen molar-refractivity contribution in [1.29, 1.82) is 0 Å².